The van der Waals surface area contributed by atoms with Crippen molar-refractivity contribution in [1.82, 2.24) is 4.98 Å². The topological polar surface area (TPSA) is 38.1 Å². The van der Waals surface area contributed by atoms with Gasteiger partial charge in [-0.3, -0.25) is 0 Å². The van der Waals surface area contributed by atoms with Crippen LogP contribution in [0.3, 0.4) is 0 Å². The Morgan fingerprint density at radius 1 is 1.60 bits per heavy atom. The molecule has 0 aliphatic heterocycles. The highest BCUT2D eigenvalue weighted by molar-refractivity contribution is 5.87. The lowest BCUT2D eigenvalue weighted by Crippen LogP contribution is -2.15. The standard InChI is InChI=1S/C12H12N2O/c1-3-4-9(2)14-12-10-6-8-15-11(10)5-7-13-12/h1,5-9H,4H2,2H3,(H,13,14). The molecule has 0 aromatic carbocycles. The SMILES string of the molecule is C#CCC(C)Nc1nccc2occc12. The molecule has 15 heavy (non-hydrogen) atoms. The fraction of sp³-hybridized carbons (Fsp3) is 0.250. The fourth-order valence-electron chi connectivity index (χ4n) is 1.47. The van der Waals surface area contributed by atoms with Crippen LogP contribution in [0.5, 0.6) is 0 Å². The van der Waals surface area contributed by atoms with Gasteiger partial charge in [0, 0.05) is 18.7 Å². The number of furan rings is 1. The Kier molecular flexibility index (Phi) is 2.59. The maximum Gasteiger partial charge on any atom is 0.139 e. The van der Waals surface area contributed by atoms with Gasteiger partial charge in [0.2, 0.25) is 0 Å². The summed E-state index contributed by atoms with van der Waals surface area (Å²) in [5.74, 6) is 3.44. The van der Waals surface area contributed by atoms with Gasteiger partial charge < -0.3 is 9.73 Å². The molecule has 0 fully saturated rings. The lowest BCUT2D eigenvalue weighted by molar-refractivity contribution is 0.615. The predicted molar refractivity (Wildman–Crippen MR) is 60.5 cm³/mol. The van der Waals surface area contributed by atoms with E-state index in [4.69, 9.17) is 10.8 Å². The molecule has 2 aromatic rings. The molecule has 0 spiro atoms. The quantitative estimate of drug-likeness (QED) is 0.774. The third-order valence-electron chi connectivity index (χ3n) is 2.19. The molecule has 0 saturated carbocycles. The van der Waals surface area contributed by atoms with Crippen molar-refractivity contribution in [3.63, 3.8) is 0 Å². The van der Waals surface area contributed by atoms with E-state index in [0.717, 1.165) is 16.8 Å². The molecule has 2 rings (SSSR count). The minimum Gasteiger partial charge on any atom is -0.464 e. The van der Waals surface area contributed by atoms with Crippen LogP contribution in [-0.2, 0) is 0 Å². The third kappa shape index (κ3) is 1.94. The highest BCUT2D eigenvalue weighted by Gasteiger charge is 2.06. The molecule has 0 bridgehead atoms. The van der Waals surface area contributed by atoms with Crippen molar-refractivity contribution in [2.75, 3.05) is 5.32 Å². The van der Waals surface area contributed by atoms with Gasteiger partial charge in [-0.2, -0.15) is 0 Å². The first-order valence-electron chi connectivity index (χ1n) is 4.83. The summed E-state index contributed by atoms with van der Waals surface area (Å²) in [4.78, 5) is 4.26. The number of fused-ring (bicyclic) bond motifs is 1. The summed E-state index contributed by atoms with van der Waals surface area (Å²) < 4.78 is 5.28. The number of anilines is 1. The Balaban J connectivity index is 2.28. The Labute approximate surface area is 88.5 Å². The van der Waals surface area contributed by atoms with Gasteiger partial charge in [0.05, 0.1) is 11.6 Å². The number of hydrogen-bond acceptors (Lipinski definition) is 3. The molecular weight excluding hydrogens is 188 g/mol. The average Bonchev–Trinajstić information content (AvgIpc) is 2.67. The van der Waals surface area contributed by atoms with Crippen molar-refractivity contribution < 1.29 is 4.42 Å². The van der Waals surface area contributed by atoms with Gasteiger partial charge in [0.15, 0.2) is 0 Å². The first kappa shape index (κ1) is 9.60. The van der Waals surface area contributed by atoms with Crippen LogP contribution in [0, 0.1) is 12.3 Å². The largest absolute Gasteiger partial charge is 0.464 e. The molecule has 1 unspecified atom stereocenters. The minimum absolute atomic E-state index is 0.211. The van der Waals surface area contributed by atoms with Gasteiger partial charge in [-0.1, -0.05) is 0 Å². The van der Waals surface area contributed by atoms with E-state index in [2.05, 4.69) is 16.2 Å². The Bertz CT molecular complexity index is 496. The summed E-state index contributed by atoms with van der Waals surface area (Å²) in [5, 5.41) is 4.25. The van der Waals surface area contributed by atoms with Crippen molar-refractivity contribution in [1.29, 1.82) is 0 Å². The van der Waals surface area contributed by atoms with Crippen LogP contribution in [0.2, 0.25) is 0 Å². The Morgan fingerprint density at radius 2 is 2.47 bits per heavy atom. The van der Waals surface area contributed by atoms with Crippen molar-refractivity contribution in [3.8, 4) is 12.3 Å². The van der Waals surface area contributed by atoms with Crippen LogP contribution in [-0.4, -0.2) is 11.0 Å². The molecule has 1 N–H and O–H groups in total. The minimum atomic E-state index is 0.211. The van der Waals surface area contributed by atoms with Crippen LogP contribution in [0.1, 0.15) is 13.3 Å². The highest BCUT2D eigenvalue weighted by Crippen LogP contribution is 2.22. The maximum atomic E-state index is 5.28. The fourth-order valence-corrected chi connectivity index (χ4v) is 1.47. The van der Waals surface area contributed by atoms with E-state index in [1.807, 2.05) is 19.1 Å². The smallest absolute Gasteiger partial charge is 0.139 e. The van der Waals surface area contributed by atoms with Crippen LogP contribution >= 0.6 is 0 Å². The van der Waals surface area contributed by atoms with E-state index < -0.39 is 0 Å². The van der Waals surface area contributed by atoms with Crippen LogP contribution in [0.25, 0.3) is 11.0 Å². The molecule has 2 aromatic heterocycles. The Morgan fingerprint density at radius 3 is 3.27 bits per heavy atom. The molecule has 0 radical (unpaired) electrons. The predicted octanol–water partition coefficient (Wildman–Crippen LogP) is 2.65. The lowest BCUT2D eigenvalue weighted by Gasteiger charge is -2.11. The van der Waals surface area contributed by atoms with Crippen LogP contribution < -0.4 is 5.32 Å². The number of aromatic nitrogens is 1. The molecule has 76 valence electrons. The second-order valence-electron chi connectivity index (χ2n) is 3.45. The van der Waals surface area contributed by atoms with E-state index in [1.165, 1.54) is 0 Å². The van der Waals surface area contributed by atoms with Gasteiger partial charge >= 0.3 is 0 Å². The van der Waals surface area contributed by atoms with Gasteiger partial charge in [-0.15, -0.1) is 12.3 Å². The summed E-state index contributed by atoms with van der Waals surface area (Å²) in [6.45, 7) is 2.03. The van der Waals surface area contributed by atoms with Crippen LogP contribution in [0.4, 0.5) is 5.82 Å². The van der Waals surface area contributed by atoms with Crippen molar-refractivity contribution in [3.05, 3.63) is 24.6 Å². The van der Waals surface area contributed by atoms with E-state index >= 15 is 0 Å². The van der Waals surface area contributed by atoms with Gasteiger partial charge in [0.1, 0.15) is 11.4 Å². The van der Waals surface area contributed by atoms with Gasteiger partial charge in [-0.05, 0) is 19.1 Å². The summed E-state index contributed by atoms with van der Waals surface area (Å²) in [7, 11) is 0. The zero-order valence-corrected chi connectivity index (χ0v) is 8.53. The molecule has 0 aliphatic carbocycles. The van der Waals surface area contributed by atoms with Crippen molar-refractivity contribution in [2.45, 2.75) is 19.4 Å². The monoisotopic (exact) mass is 200 g/mol. The van der Waals surface area contributed by atoms with Gasteiger partial charge in [0.25, 0.3) is 0 Å². The summed E-state index contributed by atoms with van der Waals surface area (Å²) >= 11 is 0. The summed E-state index contributed by atoms with van der Waals surface area (Å²) in [5.41, 5.74) is 0.834. The molecule has 1 atom stereocenters. The van der Waals surface area contributed by atoms with E-state index in [0.29, 0.717) is 6.42 Å². The summed E-state index contributed by atoms with van der Waals surface area (Å²) in [6.07, 6.45) is 9.30. The molecule has 2 heterocycles. The highest BCUT2D eigenvalue weighted by atomic mass is 16.3. The average molecular weight is 200 g/mol. The molecular formula is C12H12N2O. The molecule has 3 heteroatoms. The van der Waals surface area contributed by atoms with E-state index in [9.17, 15) is 0 Å². The van der Waals surface area contributed by atoms with Crippen LogP contribution in [0.15, 0.2) is 29.0 Å². The van der Waals surface area contributed by atoms with Crippen molar-refractivity contribution >= 4 is 16.8 Å². The third-order valence-corrected chi connectivity index (χ3v) is 2.19. The number of terminal acetylenes is 1. The number of hydrogen-bond donors (Lipinski definition) is 1. The van der Waals surface area contributed by atoms with Gasteiger partial charge in [-0.25, -0.2) is 4.98 Å². The molecule has 0 amide bonds. The second-order valence-corrected chi connectivity index (χ2v) is 3.45. The first-order valence-corrected chi connectivity index (χ1v) is 4.83. The zero-order valence-electron chi connectivity index (χ0n) is 8.53. The lowest BCUT2D eigenvalue weighted by atomic mass is 10.2. The normalized spacial score (nSPS) is 12.3. The first-order chi connectivity index (χ1) is 7.31. The second kappa shape index (κ2) is 4.05. The molecule has 0 aliphatic rings. The van der Waals surface area contributed by atoms with E-state index in [-0.39, 0.29) is 6.04 Å². The summed E-state index contributed by atoms with van der Waals surface area (Å²) in [6, 6.07) is 3.95. The number of nitrogens with one attached hydrogen (secondary N) is 1. The molecule has 3 nitrogen and oxygen atoms in total. The maximum absolute atomic E-state index is 5.28. The zero-order chi connectivity index (χ0) is 10.7. The number of pyridine rings is 1. The molecule has 0 saturated heterocycles. The van der Waals surface area contributed by atoms with Crippen molar-refractivity contribution in [2.24, 2.45) is 0 Å². The number of nitrogens with zero attached hydrogens (tertiary/aromatic N) is 1. The number of rotatable bonds is 3. The Hall–Kier alpha value is -1.95. The van der Waals surface area contributed by atoms with E-state index in [1.54, 1.807) is 12.5 Å².